The number of halogens is 3. The maximum Gasteiger partial charge on any atom is 0.266 e. The number of carbonyl (C=O) groups excluding carboxylic acids is 1. The molecule has 0 bridgehead atoms. The first-order valence-corrected chi connectivity index (χ1v) is 9.85. The minimum absolute atomic E-state index is 0.0330. The molecule has 2 aromatic rings. The van der Waals surface area contributed by atoms with Crippen LogP contribution in [0.1, 0.15) is 11.1 Å². The van der Waals surface area contributed by atoms with E-state index in [1.165, 1.54) is 6.08 Å². The Hall–Kier alpha value is -2.00. The number of anilines is 1. The molecule has 0 heterocycles. The van der Waals surface area contributed by atoms with Crippen molar-refractivity contribution >= 4 is 67.8 Å². The van der Waals surface area contributed by atoms with Gasteiger partial charge in [-0.25, -0.2) is 0 Å². The second kappa shape index (κ2) is 9.80. The van der Waals surface area contributed by atoms with Crippen LogP contribution in [0.5, 0.6) is 5.75 Å². The lowest BCUT2D eigenvalue weighted by molar-refractivity contribution is -0.112. The molecule has 0 fully saturated rings. The van der Waals surface area contributed by atoms with Crippen LogP contribution in [0.25, 0.3) is 6.08 Å². The second-order valence-electron chi connectivity index (χ2n) is 5.39. The van der Waals surface area contributed by atoms with Gasteiger partial charge in [0.05, 0.1) is 8.04 Å². The fraction of sp³-hybridized carbons (Fsp3) is 0.100. The predicted molar refractivity (Wildman–Crippen MR) is 120 cm³/mol. The fourth-order valence-electron chi connectivity index (χ4n) is 2.15. The predicted octanol–water partition coefficient (Wildman–Crippen LogP) is 5.57. The van der Waals surface area contributed by atoms with Crippen LogP contribution in [-0.4, -0.2) is 12.5 Å². The third-order valence-electron chi connectivity index (χ3n) is 3.44. The highest BCUT2D eigenvalue weighted by Gasteiger charge is 2.13. The Morgan fingerprint density at radius 3 is 2.81 bits per heavy atom. The fourth-order valence-corrected chi connectivity index (χ4v) is 4.09. The molecule has 0 saturated carbocycles. The standard InChI is InChI=1S/C20H13BrClIN2O2/c1-3-6-27-19-16(21)8-13(9-17(19)23)7-14(11-24)20(26)25-18-10-15(22)5-4-12(18)2/h1,4-5,7-10H,6H2,2H3,(H,25,26)/b14-7+. The van der Waals surface area contributed by atoms with E-state index < -0.39 is 5.91 Å². The first kappa shape index (κ1) is 21.3. The molecule has 4 nitrogen and oxygen atoms in total. The number of benzene rings is 2. The van der Waals surface area contributed by atoms with E-state index in [-0.39, 0.29) is 12.2 Å². The zero-order chi connectivity index (χ0) is 20.0. The Morgan fingerprint density at radius 1 is 1.44 bits per heavy atom. The van der Waals surface area contributed by atoms with Crippen LogP contribution in [0, 0.1) is 34.2 Å². The smallest absolute Gasteiger partial charge is 0.266 e. The number of amides is 1. The van der Waals surface area contributed by atoms with E-state index in [0.717, 1.165) is 9.13 Å². The molecule has 1 amide bonds. The lowest BCUT2D eigenvalue weighted by Gasteiger charge is -2.10. The van der Waals surface area contributed by atoms with Gasteiger partial charge in [0.15, 0.2) is 0 Å². The third kappa shape index (κ3) is 5.74. The average molecular weight is 556 g/mol. The number of nitriles is 1. The summed E-state index contributed by atoms with van der Waals surface area (Å²) in [5, 5.41) is 12.6. The van der Waals surface area contributed by atoms with Crippen LogP contribution in [0.4, 0.5) is 5.69 Å². The summed E-state index contributed by atoms with van der Waals surface area (Å²) in [6.45, 7) is 1.99. The van der Waals surface area contributed by atoms with Crippen molar-refractivity contribution < 1.29 is 9.53 Å². The minimum atomic E-state index is -0.512. The molecular weight excluding hydrogens is 542 g/mol. The van der Waals surface area contributed by atoms with Crippen LogP contribution >= 0.6 is 50.1 Å². The first-order chi connectivity index (χ1) is 12.8. The van der Waals surface area contributed by atoms with Gasteiger partial charge in [-0.15, -0.1) is 6.42 Å². The Morgan fingerprint density at radius 2 is 2.19 bits per heavy atom. The van der Waals surface area contributed by atoms with E-state index in [9.17, 15) is 10.1 Å². The number of ether oxygens (including phenoxy) is 1. The summed E-state index contributed by atoms with van der Waals surface area (Å²) in [7, 11) is 0. The normalized spacial score (nSPS) is 10.7. The van der Waals surface area contributed by atoms with Crippen molar-refractivity contribution in [3.8, 4) is 24.2 Å². The highest BCUT2D eigenvalue weighted by Crippen LogP contribution is 2.32. The zero-order valence-corrected chi connectivity index (χ0v) is 18.6. The van der Waals surface area contributed by atoms with Crippen molar-refractivity contribution in [1.82, 2.24) is 0 Å². The lowest BCUT2D eigenvalue weighted by atomic mass is 10.1. The molecule has 0 aliphatic carbocycles. The molecule has 0 saturated heterocycles. The van der Waals surface area contributed by atoms with Crippen LogP contribution in [0.3, 0.4) is 0 Å². The number of nitrogens with zero attached hydrogens (tertiary/aromatic N) is 1. The van der Waals surface area contributed by atoms with Crippen molar-refractivity contribution in [3.05, 3.63) is 60.1 Å². The van der Waals surface area contributed by atoms with E-state index in [2.05, 4.69) is 49.8 Å². The van der Waals surface area contributed by atoms with Crippen molar-refractivity contribution in [2.24, 2.45) is 0 Å². The third-order valence-corrected chi connectivity index (χ3v) is 5.07. The number of hydrogen-bond acceptors (Lipinski definition) is 3. The van der Waals surface area contributed by atoms with E-state index in [1.54, 1.807) is 30.3 Å². The van der Waals surface area contributed by atoms with Gasteiger partial charge < -0.3 is 10.1 Å². The number of carbonyl (C=O) groups is 1. The summed E-state index contributed by atoms with van der Waals surface area (Å²) >= 11 is 11.5. The van der Waals surface area contributed by atoms with Gasteiger partial charge >= 0.3 is 0 Å². The van der Waals surface area contributed by atoms with Gasteiger partial charge in [0, 0.05) is 10.7 Å². The monoisotopic (exact) mass is 554 g/mol. The van der Waals surface area contributed by atoms with Crippen LogP contribution < -0.4 is 10.1 Å². The first-order valence-electron chi connectivity index (χ1n) is 7.60. The van der Waals surface area contributed by atoms with Crippen molar-refractivity contribution in [1.29, 1.82) is 5.26 Å². The van der Waals surface area contributed by atoms with E-state index in [1.807, 2.05) is 13.0 Å². The quantitative estimate of drug-likeness (QED) is 0.227. The molecule has 0 spiro atoms. The van der Waals surface area contributed by atoms with E-state index in [0.29, 0.717) is 26.5 Å². The van der Waals surface area contributed by atoms with Crippen molar-refractivity contribution in [3.63, 3.8) is 0 Å². The molecule has 2 aromatic carbocycles. The number of terminal acetylenes is 1. The van der Waals surface area contributed by atoms with Gasteiger partial charge in [-0.1, -0.05) is 23.6 Å². The Bertz CT molecular complexity index is 983. The van der Waals surface area contributed by atoms with Gasteiger partial charge in [-0.2, -0.15) is 5.26 Å². The van der Waals surface area contributed by atoms with Gasteiger partial charge in [-0.05, 0) is 86.9 Å². The van der Waals surface area contributed by atoms with E-state index in [4.69, 9.17) is 22.8 Å². The highest BCUT2D eigenvalue weighted by molar-refractivity contribution is 14.1. The largest absolute Gasteiger partial charge is 0.479 e. The Kier molecular flexibility index (Phi) is 7.73. The van der Waals surface area contributed by atoms with Crippen LogP contribution in [0.2, 0.25) is 5.02 Å². The summed E-state index contributed by atoms with van der Waals surface area (Å²) in [6.07, 6.45) is 6.72. The Balaban J connectivity index is 2.30. The summed E-state index contributed by atoms with van der Waals surface area (Å²) in [6, 6.07) is 10.7. The van der Waals surface area contributed by atoms with Crippen LogP contribution in [0.15, 0.2) is 40.4 Å². The zero-order valence-electron chi connectivity index (χ0n) is 14.1. The average Bonchev–Trinajstić information content (AvgIpc) is 2.62. The molecule has 0 unspecified atom stereocenters. The maximum absolute atomic E-state index is 12.5. The molecule has 0 aliphatic rings. The van der Waals surface area contributed by atoms with Crippen LogP contribution in [-0.2, 0) is 4.79 Å². The summed E-state index contributed by atoms with van der Waals surface area (Å²) in [4.78, 5) is 12.5. The number of rotatable bonds is 5. The van der Waals surface area contributed by atoms with Crippen molar-refractivity contribution in [2.75, 3.05) is 11.9 Å². The molecule has 0 atom stereocenters. The summed E-state index contributed by atoms with van der Waals surface area (Å²) in [5.41, 5.74) is 2.04. The summed E-state index contributed by atoms with van der Waals surface area (Å²) < 4.78 is 6.96. The maximum atomic E-state index is 12.5. The van der Waals surface area contributed by atoms with Gasteiger partial charge in [-0.3, -0.25) is 4.79 Å². The lowest BCUT2D eigenvalue weighted by Crippen LogP contribution is -2.14. The number of nitrogens with one attached hydrogen (secondary N) is 1. The van der Waals surface area contributed by atoms with E-state index >= 15 is 0 Å². The molecule has 7 heteroatoms. The van der Waals surface area contributed by atoms with Crippen molar-refractivity contribution in [2.45, 2.75) is 6.92 Å². The number of aryl methyl sites for hydroxylation is 1. The highest BCUT2D eigenvalue weighted by atomic mass is 127. The SMILES string of the molecule is C#CCOc1c(Br)cc(/C=C(\C#N)C(=O)Nc2cc(Cl)ccc2C)cc1I. The molecule has 136 valence electrons. The molecular formula is C20H13BrClIN2O2. The molecule has 0 aliphatic heterocycles. The van der Waals surface area contributed by atoms with Gasteiger partial charge in [0.1, 0.15) is 24.0 Å². The Labute approximate surface area is 184 Å². The minimum Gasteiger partial charge on any atom is -0.479 e. The summed E-state index contributed by atoms with van der Waals surface area (Å²) in [5.74, 6) is 2.51. The van der Waals surface area contributed by atoms with Gasteiger partial charge in [0.25, 0.3) is 5.91 Å². The molecule has 27 heavy (non-hydrogen) atoms. The molecule has 1 N–H and O–H groups in total. The topological polar surface area (TPSA) is 62.1 Å². The molecule has 2 rings (SSSR count). The van der Waals surface area contributed by atoms with Gasteiger partial charge in [0.2, 0.25) is 0 Å². The molecule has 0 radical (unpaired) electrons. The molecule has 0 aromatic heterocycles. The number of hydrogen-bond donors (Lipinski definition) is 1. The second-order valence-corrected chi connectivity index (χ2v) is 7.84.